The lowest BCUT2D eigenvalue weighted by molar-refractivity contribution is -0.119. The van der Waals surface area contributed by atoms with E-state index in [1.807, 2.05) is 0 Å². The summed E-state index contributed by atoms with van der Waals surface area (Å²) in [7, 11) is 0. The van der Waals surface area contributed by atoms with Gasteiger partial charge in [-0.05, 0) is 58.3 Å². The van der Waals surface area contributed by atoms with Crippen LogP contribution in [-0.2, 0) is 4.79 Å². The van der Waals surface area contributed by atoms with Gasteiger partial charge in [0.2, 0.25) is 0 Å². The number of rotatable bonds is 49. The van der Waals surface area contributed by atoms with Crippen LogP contribution in [0.1, 0.15) is 271 Å². The summed E-state index contributed by atoms with van der Waals surface area (Å²) in [6.07, 6.45) is 51.1. The van der Waals surface area contributed by atoms with E-state index in [0.29, 0.717) is 18.9 Å². The first-order chi connectivity index (χ1) is 27.6. The molecule has 0 heterocycles. The smallest absolute Gasteiger partial charge is 0.134 e. The van der Waals surface area contributed by atoms with Crippen molar-refractivity contribution in [2.24, 2.45) is 5.73 Å². The summed E-state index contributed by atoms with van der Waals surface area (Å²) in [5, 5.41) is 10.4. The molecule has 56 heavy (non-hydrogen) atoms. The molecular formula is C51H105N3O2. The van der Waals surface area contributed by atoms with Gasteiger partial charge >= 0.3 is 0 Å². The Hall–Kier alpha value is -0.490. The molecule has 0 aromatic carbocycles. The number of aliphatic hydroxyl groups excluding tert-OH is 1. The number of hydrogen-bond donors (Lipinski definition) is 2. The Morgan fingerprint density at radius 2 is 0.643 bits per heavy atom. The molecule has 0 spiro atoms. The van der Waals surface area contributed by atoms with Crippen LogP contribution in [0.25, 0.3) is 0 Å². The monoisotopic (exact) mass is 792 g/mol. The van der Waals surface area contributed by atoms with Crippen LogP contribution in [0.3, 0.4) is 0 Å². The van der Waals surface area contributed by atoms with Crippen LogP contribution in [0.5, 0.6) is 0 Å². The molecule has 0 amide bonds. The lowest BCUT2D eigenvalue weighted by Crippen LogP contribution is -2.38. The van der Waals surface area contributed by atoms with Gasteiger partial charge in [-0.15, -0.1) is 0 Å². The Labute approximate surface area is 353 Å². The first-order valence-corrected chi connectivity index (χ1v) is 25.9. The molecule has 1 unspecified atom stereocenters. The predicted octanol–water partition coefficient (Wildman–Crippen LogP) is 14.8. The van der Waals surface area contributed by atoms with Crippen LogP contribution in [0.15, 0.2) is 0 Å². The SMILES string of the molecule is CCCCCCCCCCCCCCN(CCCCN(CCCCCCCCCCCCCC)CC(O)CN)CCC(=O)CCCCCCCCCCCCC. The Morgan fingerprint density at radius 3 is 0.964 bits per heavy atom. The number of nitrogens with zero attached hydrogens (tertiary/aromatic N) is 2. The van der Waals surface area contributed by atoms with Gasteiger partial charge in [0.15, 0.2) is 0 Å². The zero-order valence-electron chi connectivity index (χ0n) is 38.9. The molecule has 0 radical (unpaired) electrons. The quantitative estimate of drug-likeness (QED) is 0.0601. The zero-order valence-corrected chi connectivity index (χ0v) is 38.9. The maximum Gasteiger partial charge on any atom is 0.134 e. The molecule has 0 aliphatic carbocycles. The highest BCUT2D eigenvalue weighted by atomic mass is 16.3. The van der Waals surface area contributed by atoms with Crippen molar-refractivity contribution in [3.05, 3.63) is 0 Å². The molecule has 0 fully saturated rings. The molecule has 0 aliphatic rings. The minimum absolute atomic E-state index is 0.342. The number of carbonyl (C=O) groups excluding carboxylic acids is 1. The third-order valence-corrected chi connectivity index (χ3v) is 12.4. The number of ketones is 1. The Morgan fingerprint density at radius 1 is 0.375 bits per heavy atom. The highest BCUT2D eigenvalue weighted by Crippen LogP contribution is 2.16. The second-order valence-corrected chi connectivity index (χ2v) is 18.1. The fourth-order valence-electron chi connectivity index (χ4n) is 8.42. The Bertz CT molecular complexity index is 749. The van der Waals surface area contributed by atoms with E-state index >= 15 is 0 Å². The number of carbonyl (C=O) groups is 1. The standard InChI is InChI=1S/C51H105N3O2/c1-4-7-10-13-16-19-22-25-28-31-34-37-43-53(47-42-50(55)41-36-33-30-27-24-21-18-15-12-9-6-3)44-39-40-46-54(49-51(56)48-52)45-38-35-32-29-26-23-20-17-14-11-8-5-2/h51,56H,4-49,52H2,1-3H3. The van der Waals surface area contributed by atoms with Crippen LogP contribution in [0.2, 0.25) is 0 Å². The average Bonchev–Trinajstić information content (AvgIpc) is 3.20. The predicted molar refractivity (Wildman–Crippen MR) is 250 cm³/mol. The van der Waals surface area contributed by atoms with Gasteiger partial charge in [0.05, 0.1) is 6.10 Å². The fourth-order valence-corrected chi connectivity index (χ4v) is 8.42. The van der Waals surface area contributed by atoms with Crippen molar-refractivity contribution in [3.8, 4) is 0 Å². The summed E-state index contributed by atoms with van der Waals surface area (Å²) in [5.41, 5.74) is 5.83. The summed E-state index contributed by atoms with van der Waals surface area (Å²) in [5.74, 6) is 0.477. The topological polar surface area (TPSA) is 69.8 Å². The van der Waals surface area contributed by atoms with Crippen LogP contribution in [-0.4, -0.2) is 72.6 Å². The van der Waals surface area contributed by atoms with Crippen LogP contribution in [0.4, 0.5) is 0 Å². The molecule has 336 valence electrons. The number of Topliss-reactive ketones (excluding diaryl/α,β-unsaturated/α-hetero) is 1. The lowest BCUT2D eigenvalue weighted by Gasteiger charge is -2.26. The van der Waals surface area contributed by atoms with Crippen molar-refractivity contribution >= 4 is 5.78 Å². The van der Waals surface area contributed by atoms with Gasteiger partial charge in [0.1, 0.15) is 5.78 Å². The molecule has 0 bridgehead atoms. The summed E-state index contributed by atoms with van der Waals surface area (Å²) in [6, 6.07) is 0. The maximum absolute atomic E-state index is 12.9. The van der Waals surface area contributed by atoms with E-state index in [9.17, 15) is 9.90 Å². The second kappa shape index (κ2) is 47.2. The first-order valence-electron chi connectivity index (χ1n) is 25.9. The molecular weight excluding hydrogens is 687 g/mol. The molecule has 5 nitrogen and oxygen atoms in total. The molecule has 1 atom stereocenters. The minimum Gasteiger partial charge on any atom is -0.390 e. The largest absolute Gasteiger partial charge is 0.390 e. The highest BCUT2D eigenvalue weighted by Gasteiger charge is 2.12. The molecule has 0 aromatic heterocycles. The number of aliphatic hydroxyl groups is 1. The average molecular weight is 792 g/mol. The van der Waals surface area contributed by atoms with Gasteiger partial charge in [-0.25, -0.2) is 0 Å². The maximum atomic E-state index is 12.9. The molecule has 5 heteroatoms. The van der Waals surface area contributed by atoms with Gasteiger partial charge < -0.3 is 20.6 Å². The Balaban J connectivity index is 4.50. The lowest BCUT2D eigenvalue weighted by atomic mass is 10.0. The van der Waals surface area contributed by atoms with Gasteiger partial charge in [0, 0.05) is 32.5 Å². The van der Waals surface area contributed by atoms with Crippen molar-refractivity contribution in [3.63, 3.8) is 0 Å². The van der Waals surface area contributed by atoms with E-state index < -0.39 is 6.10 Å². The van der Waals surface area contributed by atoms with Crippen LogP contribution >= 0.6 is 0 Å². The molecule has 0 rings (SSSR count). The van der Waals surface area contributed by atoms with Gasteiger partial charge in [0.25, 0.3) is 0 Å². The third kappa shape index (κ3) is 43.1. The van der Waals surface area contributed by atoms with Crippen molar-refractivity contribution < 1.29 is 9.90 Å². The van der Waals surface area contributed by atoms with Crippen molar-refractivity contribution in [1.82, 2.24) is 9.80 Å². The first kappa shape index (κ1) is 55.5. The van der Waals surface area contributed by atoms with E-state index in [1.165, 1.54) is 225 Å². The Kier molecular flexibility index (Phi) is 46.8. The zero-order chi connectivity index (χ0) is 40.8. The minimum atomic E-state index is -0.430. The van der Waals surface area contributed by atoms with E-state index in [0.717, 1.165) is 58.4 Å². The summed E-state index contributed by atoms with van der Waals surface area (Å²) < 4.78 is 0. The normalized spacial score (nSPS) is 12.4. The van der Waals surface area contributed by atoms with Gasteiger partial charge in [-0.1, -0.05) is 226 Å². The number of hydrogen-bond acceptors (Lipinski definition) is 5. The van der Waals surface area contributed by atoms with E-state index in [4.69, 9.17) is 5.73 Å². The van der Waals surface area contributed by atoms with Crippen molar-refractivity contribution in [2.75, 3.05) is 45.8 Å². The van der Waals surface area contributed by atoms with Crippen molar-refractivity contribution in [2.45, 2.75) is 277 Å². The fraction of sp³-hybridized carbons (Fsp3) is 0.980. The summed E-state index contributed by atoms with van der Waals surface area (Å²) in [6.45, 7) is 13.2. The number of nitrogens with two attached hydrogens (primary N) is 1. The molecule has 0 aliphatic heterocycles. The highest BCUT2D eigenvalue weighted by molar-refractivity contribution is 5.78. The molecule has 0 aromatic rings. The van der Waals surface area contributed by atoms with Gasteiger partial charge in [-0.3, -0.25) is 4.79 Å². The molecule has 0 saturated carbocycles. The van der Waals surface area contributed by atoms with E-state index in [1.54, 1.807) is 0 Å². The van der Waals surface area contributed by atoms with Crippen LogP contribution in [0, 0.1) is 0 Å². The van der Waals surface area contributed by atoms with Crippen molar-refractivity contribution in [1.29, 1.82) is 0 Å². The number of unbranched alkanes of at least 4 members (excludes halogenated alkanes) is 33. The second-order valence-electron chi connectivity index (χ2n) is 18.1. The van der Waals surface area contributed by atoms with Gasteiger partial charge in [-0.2, -0.15) is 0 Å². The van der Waals surface area contributed by atoms with E-state index in [2.05, 4.69) is 30.6 Å². The van der Waals surface area contributed by atoms with Crippen LogP contribution < -0.4 is 5.73 Å². The molecule has 3 N–H and O–H groups in total. The third-order valence-electron chi connectivity index (χ3n) is 12.4. The van der Waals surface area contributed by atoms with E-state index in [-0.39, 0.29) is 0 Å². The molecule has 0 saturated heterocycles. The summed E-state index contributed by atoms with van der Waals surface area (Å²) in [4.78, 5) is 18.0. The summed E-state index contributed by atoms with van der Waals surface area (Å²) >= 11 is 0.